The zero-order chi connectivity index (χ0) is 18.7. The smallest absolute Gasteiger partial charge is 0.410 e. The Bertz CT molecular complexity index is 742. The Labute approximate surface area is 158 Å². The van der Waals surface area contributed by atoms with E-state index >= 15 is 4.39 Å². The van der Waals surface area contributed by atoms with Gasteiger partial charge in [-0.3, -0.25) is 0 Å². The predicted molar refractivity (Wildman–Crippen MR) is 99.1 cm³/mol. The number of carbonyl (C=O) groups is 1. The second kappa shape index (κ2) is 7.72. The summed E-state index contributed by atoms with van der Waals surface area (Å²) in [6.45, 7) is 1.20. The van der Waals surface area contributed by atoms with Crippen LogP contribution in [0.3, 0.4) is 0 Å². The van der Waals surface area contributed by atoms with Crippen molar-refractivity contribution in [3.8, 4) is 0 Å². The molecule has 1 aliphatic heterocycles. The summed E-state index contributed by atoms with van der Waals surface area (Å²) < 4.78 is 25.4. The molecule has 2 heterocycles. The van der Waals surface area contributed by atoms with Crippen LogP contribution in [0.1, 0.15) is 36.5 Å². The van der Waals surface area contributed by atoms with Crippen LogP contribution in [-0.2, 0) is 11.3 Å². The van der Waals surface area contributed by atoms with Gasteiger partial charge in [-0.15, -0.1) is 0 Å². The minimum atomic E-state index is -1.26. The fourth-order valence-corrected chi connectivity index (χ4v) is 3.69. The van der Waals surface area contributed by atoms with Crippen LogP contribution < -0.4 is 5.32 Å². The van der Waals surface area contributed by atoms with E-state index in [4.69, 9.17) is 9.15 Å². The fourth-order valence-electron chi connectivity index (χ4n) is 3.69. The highest BCUT2D eigenvalue weighted by atomic mass is 19.1. The van der Waals surface area contributed by atoms with Crippen LogP contribution in [0.25, 0.3) is 0 Å². The average Bonchev–Trinajstić information content (AvgIpc) is 3.29. The van der Waals surface area contributed by atoms with Crippen LogP contribution >= 0.6 is 0 Å². The number of halogens is 1. The van der Waals surface area contributed by atoms with Crippen molar-refractivity contribution >= 4 is 6.09 Å². The molecule has 1 N–H and O–H groups in total. The maximum atomic E-state index is 15.1. The minimum Gasteiger partial charge on any atom is -0.466 e. The van der Waals surface area contributed by atoms with Gasteiger partial charge in [-0.1, -0.05) is 30.3 Å². The third-order valence-electron chi connectivity index (χ3n) is 5.53. The van der Waals surface area contributed by atoms with E-state index in [1.54, 1.807) is 17.0 Å². The van der Waals surface area contributed by atoms with Crippen molar-refractivity contribution in [2.24, 2.45) is 0 Å². The Balaban J connectivity index is 1.18. The van der Waals surface area contributed by atoms with Gasteiger partial charge in [0, 0.05) is 44.4 Å². The zero-order valence-corrected chi connectivity index (χ0v) is 15.3. The molecule has 1 saturated heterocycles. The molecule has 1 aliphatic carbocycles. The van der Waals surface area contributed by atoms with Crippen molar-refractivity contribution in [1.82, 2.24) is 10.2 Å². The summed E-state index contributed by atoms with van der Waals surface area (Å²) in [5, 5.41) is 3.38. The molecule has 1 aromatic carbocycles. The van der Waals surface area contributed by atoms with Crippen LogP contribution in [0.5, 0.6) is 0 Å². The molecule has 2 aromatic rings. The number of likely N-dealkylation sites (tertiary alicyclic amines) is 1. The van der Waals surface area contributed by atoms with E-state index < -0.39 is 11.8 Å². The van der Waals surface area contributed by atoms with E-state index in [2.05, 4.69) is 17.4 Å². The van der Waals surface area contributed by atoms with E-state index in [-0.39, 0.29) is 6.61 Å². The van der Waals surface area contributed by atoms with E-state index in [9.17, 15) is 4.79 Å². The number of hydrogen-bond donors (Lipinski definition) is 1. The quantitative estimate of drug-likeness (QED) is 0.836. The predicted octanol–water partition coefficient (Wildman–Crippen LogP) is 3.87. The average molecular weight is 372 g/mol. The van der Waals surface area contributed by atoms with Crippen molar-refractivity contribution < 1.29 is 18.3 Å². The standard InChI is InChI=1S/C21H25FN2O3/c22-21(15-23-19-13-18(19)16-5-2-1-3-6-16)8-10-24(11-9-21)20(25)27-14-17-7-4-12-26-17/h1-7,12,18-19,23H,8-11,13-15H2. The lowest BCUT2D eigenvalue weighted by Gasteiger charge is -2.36. The van der Waals surface area contributed by atoms with Crippen LogP contribution in [0.4, 0.5) is 9.18 Å². The number of piperidine rings is 1. The first kappa shape index (κ1) is 18.0. The first-order chi connectivity index (χ1) is 13.1. The summed E-state index contributed by atoms with van der Waals surface area (Å²) in [6, 6.07) is 14.2. The number of benzene rings is 1. The normalized spacial score (nSPS) is 23.8. The molecule has 2 atom stereocenters. The lowest BCUT2D eigenvalue weighted by atomic mass is 9.93. The largest absolute Gasteiger partial charge is 0.466 e. The molecule has 0 bridgehead atoms. The number of rotatable bonds is 6. The molecular weight excluding hydrogens is 347 g/mol. The van der Waals surface area contributed by atoms with Gasteiger partial charge in [-0.2, -0.15) is 0 Å². The van der Waals surface area contributed by atoms with E-state index in [0.29, 0.717) is 50.2 Å². The van der Waals surface area contributed by atoms with Crippen molar-refractivity contribution in [3.63, 3.8) is 0 Å². The van der Waals surface area contributed by atoms with Crippen LogP contribution in [0, 0.1) is 0 Å². The Hall–Kier alpha value is -2.34. The molecule has 5 nitrogen and oxygen atoms in total. The Kier molecular flexibility index (Phi) is 5.16. The molecule has 2 fully saturated rings. The van der Waals surface area contributed by atoms with Crippen LogP contribution in [0.2, 0.25) is 0 Å². The summed E-state index contributed by atoms with van der Waals surface area (Å²) in [7, 11) is 0. The molecule has 4 rings (SSSR count). The summed E-state index contributed by atoms with van der Waals surface area (Å²) in [5.41, 5.74) is 0.0544. The van der Waals surface area contributed by atoms with Gasteiger partial charge in [0.05, 0.1) is 6.26 Å². The molecular formula is C21H25FN2O3. The summed E-state index contributed by atoms with van der Waals surface area (Å²) >= 11 is 0. The number of alkyl halides is 1. The molecule has 0 spiro atoms. The van der Waals surface area contributed by atoms with Gasteiger partial charge in [0.25, 0.3) is 0 Å². The van der Waals surface area contributed by atoms with Crippen molar-refractivity contribution in [1.29, 1.82) is 0 Å². The number of hydrogen-bond acceptors (Lipinski definition) is 4. The van der Waals surface area contributed by atoms with Crippen molar-refractivity contribution in [2.45, 2.75) is 43.5 Å². The highest BCUT2D eigenvalue weighted by molar-refractivity contribution is 5.67. The third kappa shape index (κ3) is 4.50. The number of nitrogens with zero attached hydrogens (tertiary/aromatic N) is 1. The number of carbonyl (C=O) groups excluding carboxylic acids is 1. The molecule has 27 heavy (non-hydrogen) atoms. The molecule has 2 unspecified atom stereocenters. The maximum Gasteiger partial charge on any atom is 0.410 e. The molecule has 1 saturated carbocycles. The van der Waals surface area contributed by atoms with Gasteiger partial charge in [-0.25, -0.2) is 9.18 Å². The van der Waals surface area contributed by atoms with Gasteiger partial charge < -0.3 is 19.4 Å². The van der Waals surface area contributed by atoms with E-state index in [1.165, 1.54) is 11.8 Å². The molecule has 1 aromatic heterocycles. The van der Waals surface area contributed by atoms with Gasteiger partial charge in [0.2, 0.25) is 0 Å². The number of amides is 1. The summed E-state index contributed by atoms with van der Waals surface area (Å²) in [5.74, 6) is 1.09. The third-order valence-corrected chi connectivity index (χ3v) is 5.53. The SMILES string of the molecule is O=C(OCc1ccco1)N1CCC(F)(CNC2CC2c2ccccc2)CC1. The zero-order valence-electron chi connectivity index (χ0n) is 15.3. The highest BCUT2D eigenvalue weighted by Gasteiger charge is 2.42. The molecule has 6 heteroatoms. The second-order valence-corrected chi connectivity index (χ2v) is 7.51. The number of ether oxygens (including phenoxy) is 1. The minimum absolute atomic E-state index is 0.104. The van der Waals surface area contributed by atoms with Crippen molar-refractivity contribution in [3.05, 3.63) is 60.1 Å². The monoisotopic (exact) mass is 372 g/mol. The number of nitrogens with one attached hydrogen (secondary N) is 1. The van der Waals surface area contributed by atoms with Crippen molar-refractivity contribution in [2.75, 3.05) is 19.6 Å². The highest BCUT2D eigenvalue weighted by Crippen LogP contribution is 2.41. The first-order valence-electron chi connectivity index (χ1n) is 9.54. The lowest BCUT2D eigenvalue weighted by molar-refractivity contribution is 0.0386. The van der Waals surface area contributed by atoms with E-state index in [1.807, 2.05) is 18.2 Å². The number of furan rings is 1. The molecule has 1 amide bonds. The Morgan fingerprint density at radius 2 is 2.00 bits per heavy atom. The lowest BCUT2D eigenvalue weighted by Crippen LogP contribution is -2.49. The Morgan fingerprint density at radius 1 is 1.22 bits per heavy atom. The Morgan fingerprint density at radius 3 is 2.70 bits per heavy atom. The van der Waals surface area contributed by atoms with Gasteiger partial charge in [-0.05, 0) is 24.1 Å². The van der Waals surface area contributed by atoms with Gasteiger partial charge >= 0.3 is 6.09 Å². The van der Waals surface area contributed by atoms with Gasteiger partial charge in [0.15, 0.2) is 6.61 Å². The molecule has 144 valence electrons. The molecule has 0 radical (unpaired) electrons. The van der Waals surface area contributed by atoms with Crippen LogP contribution in [-0.4, -0.2) is 42.3 Å². The fraction of sp³-hybridized carbons (Fsp3) is 0.476. The second-order valence-electron chi connectivity index (χ2n) is 7.51. The topological polar surface area (TPSA) is 54.7 Å². The van der Waals surface area contributed by atoms with Crippen LogP contribution in [0.15, 0.2) is 53.1 Å². The first-order valence-corrected chi connectivity index (χ1v) is 9.54. The molecule has 2 aliphatic rings. The maximum absolute atomic E-state index is 15.1. The summed E-state index contributed by atoms with van der Waals surface area (Å²) in [6.07, 6.45) is 2.85. The summed E-state index contributed by atoms with van der Waals surface area (Å²) in [4.78, 5) is 13.7. The van der Waals surface area contributed by atoms with Gasteiger partial charge in [0.1, 0.15) is 11.4 Å². The van der Waals surface area contributed by atoms with E-state index in [0.717, 1.165) is 6.42 Å².